The van der Waals surface area contributed by atoms with Crippen LogP contribution < -0.4 is 11.1 Å². The second-order valence-electron chi connectivity index (χ2n) is 4.04. The van der Waals surface area contributed by atoms with Crippen molar-refractivity contribution in [3.63, 3.8) is 0 Å². The number of H-pyrrole nitrogens is 1. The molecule has 0 bridgehead atoms. The molecule has 19 heavy (non-hydrogen) atoms. The summed E-state index contributed by atoms with van der Waals surface area (Å²) in [6.45, 7) is 2.03. The van der Waals surface area contributed by atoms with Gasteiger partial charge >= 0.3 is 0 Å². The molecule has 0 aromatic carbocycles. The molecule has 6 nitrogen and oxygen atoms in total. The van der Waals surface area contributed by atoms with Gasteiger partial charge in [0.1, 0.15) is 5.15 Å². The average molecular weight is 280 g/mol. The van der Waals surface area contributed by atoms with Crippen molar-refractivity contribution in [1.82, 2.24) is 15.2 Å². The topological polar surface area (TPSA) is 96.7 Å². The number of nitrogens with two attached hydrogens (primary N) is 1. The Labute approximate surface area is 115 Å². The predicted molar refractivity (Wildman–Crippen MR) is 74.2 cm³/mol. The molecule has 0 saturated heterocycles. The highest BCUT2D eigenvalue weighted by atomic mass is 35.5. The fraction of sp³-hybridized carbons (Fsp3) is 0.250. The molecule has 100 valence electrons. The van der Waals surface area contributed by atoms with Gasteiger partial charge in [0.2, 0.25) is 0 Å². The normalized spacial score (nSPS) is 10.4. The number of halogens is 1. The Balaban J connectivity index is 2.13. The number of nitrogens with zero attached hydrogens (tertiary/aromatic N) is 2. The molecule has 0 aliphatic carbocycles. The summed E-state index contributed by atoms with van der Waals surface area (Å²) in [6.07, 6.45) is 3.15. The molecule has 4 N–H and O–H groups in total. The number of rotatable bonds is 4. The van der Waals surface area contributed by atoms with Crippen molar-refractivity contribution in [3.05, 3.63) is 34.9 Å². The van der Waals surface area contributed by atoms with E-state index < -0.39 is 0 Å². The van der Waals surface area contributed by atoms with Crippen LogP contribution in [0.4, 0.5) is 11.4 Å². The number of carbonyl (C=O) groups is 1. The lowest BCUT2D eigenvalue weighted by atomic mass is 10.2. The number of nitrogen functional groups attached to an aromatic ring is 1. The Morgan fingerprint density at radius 2 is 2.32 bits per heavy atom. The number of hydrogen-bond donors (Lipinski definition) is 3. The van der Waals surface area contributed by atoms with Crippen LogP contribution in [0.5, 0.6) is 0 Å². The number of anilines is 2. The van der Waals surface area contributed by atoms with Gasteiger partial charge in [0.15, 0.2) is 5.69 Å². The maximum absolute atomic E-state index is 12.0. The van der Waals surface area contributed by atoms with E-state index in [0.29, 0.717) is 16.5 Å². The molecule has 0 atom stereocenters. The number of amides is 1. The zero-order chi connectivity index (χ0) is 13.8. The van der Waals surface area contributed by atoms with Crippen LogP contribution in [0, 0.1) is 0 Å². The van der Waals surface area contributed by atoms with Gasteiger partial charge in [0, 0.05) is 0 Å². The molecule has 0 radical (unpaired) electrons. The Morgan fingerprint density at radius 3 is 2.95 bits per heavy atom. The van der Waals surface area contributed by atoms with Crippen LogP contribution in [0.25, 0.3) is 0 Å². The lowest BCUT2D eigenvalue weighted by Gasteiger charge is -2.03. The first-order valence-corrected chi connectivity index (χ1v) is 6.25. The van der Waals surface area contributed by atoms with Crippen molar-refractivity contribution in [2.75, 3.05) is 11.1 Å². The maximum atomic E-state index is 12.0. The first kappa shape index (κ1) is 13.4. The first-order chi connectivity index (χ1) is 9.11. The second kappa shape index (κ2) is 5.71. The van der Waals surface area contributed by atoms with Gasteiger partial charge in [0.25, 0.3) is 5.91 Å². The van der Waals surface area contributed by atoms with Gasteiger partial charge in [-0.3, -0.25) is 9.89 Å². The highest BCUT2D eigenvalue weighted by molar-refractivity contribution is 6.29. The van der Waals surface area contributed by atoms with E-state index in [1.807, 2.05) is 6.92 Å². The SMILES string of the molecule is CCCc1[nH]nc(C(=O)Nc2ccc(Cl)nc2)c1N. The van der Waals surface area contributed by atoms with Crippen molar-refractivity contribution >= 4 is 28.9 Å². The van der Waals surface area contributed by atoms with Crippen molar-refractivity contribution in [2.24, 2.45) is 0 Å². The van der Waals surface area contributed by atoms with Gasteiger partial charge in [-0.05, 0) is 18.6 Å². The van der Waals surface area contributed by atoms with Gasteiger partial charge in [-0.15, -0.1) is 0 Å². The fourth-order valence-corrected chi connectivity index (χ4v) is 1.75. The van der Waals surface area contributed by atoms with Crippen LogP contribution in [0.3, 0.4) is 0 Å². The minimum Gasteiger partial charge on any atom is -0.395 e. The van der Waals surface area contributed by atoms with Crippen LogP contribution >= 0.6 is 11.6 Å². The molecule has 0 spiro atoms. The zero-order valence-corrected chi connectivity index (χ0v) is 11.2. The van der Waals surface area contributed by atoms with Gasteiger partial charge in [0.05, 0.1) is 23.3 Å². The molecule has 0 saturated carbocycles. The largest absolute Gasteiger partial charge is 0.395 e. The van der Waals surface area contributed by atoms with Crippen molar-refractivity contribution in [1.29, 1.82) is 0 Å². The van der Waals surface area contributed by atoms with Crippen LogP contribution in [0.1, 0.15) is 29.5 Å². The van der Waals surface area contributed by atoms with E-state index >= 15 is 0 Å². The smallest absolute Gasteiger partial charge is 0.278 e. The minimum atomic E-state index is -0.375. The van der Waals surface area contributed by atoms with Crippen molar-refractivity contribution < 1.29 is 4.79 Å². The third-order valence-corrected chi connectivity index (χ3v) is 2.81. The van der Waals surface area contributed by atoms with Crippen LogP contribution in [-0.4, -0.2) is 21.1 Å². The minimum absolute atomic E-state index is 0.193. The monoisotopic (exact) mass is 279 g/mol. The number of aromatic amines is 1. The van der Waals surface area contributed by atoms with Crippen molar-refractivity contribution in [3.8, 4) is 0 Å². The zero-order valence-electron chi connectivity index (χ0n) is 10.4. The number of hydrogen-bond acceptors (Lipinski definition) is 4. The molecular weight excluding hydrogens is 266 g/mol. The fourth-order valence-electron chi connectivity index (χ4n) is 1.64. The Kier molecular flexibility index (Phi) is 4.01. The summed E-state index contributed by atoms with van der Waals surface area (Å²) in [5.41, 5.74) is 7.78. The van der Waals surface area contributed by atoms with Gasteiger partial charge in [-0.1, -0.05) is 24.9 Å². The van der Waals surface area contributed by atoms with E-state index in [4.69, 9.17) is 17.3 Å². The molecule has 2 aromatic heterocycles. The van der Waals surface area contributed by atoms with E-state index in [2.05, 4.69) is 20.5 Å². The molecule has 0 unspecified atom stereocenters. The highest BCUT2D eigenvalue weighted by Gasteiger charge is 2.16. The summed E-state index contributed by atoms with van der Waals surface area (Å²) in [5, 5.41) is 9.74. The summed E-state index contributed by atoms with van der Waals surface area (Å²) in [4.78, 5) is 15.9. The second-order valence-corrected chi connectivity index (χ2v) is 4.43. The molecule has 0 fully saturated rings. The molecular formula is C12H14ClN5O. The molecule has 1 amide bonds. The number of aromatic nitrogens is 3. The van der Waals surface area contributed by atoms with E-state index in [1.54, 1.807) is 12.1 Å². The van der Waals surface area contributed by atoms with Crippen LogP contribution in [0.2, 0.25) is 5.15 Å². The van der Waals surface area contributed by atoms with Gasteiger partial charge < -0.3 is 11.1 Å². The van der Waals surface area contributed by atoms with E-state index in [9.17, 15) is 4.79 Å². The number of aryl methyl sites for hydroxylation is 1. The molecule has 2 rings (SSSR count). The molecule has 0 aliphatic rings. The summed E-state index contributed by atoms with van der Waals surface area (Å²) < 4.78 is 0. The van der Waals surface area contributed by atoms with E-state index in [0.717, 1.165) is 18.5 Å². The average Bonchev–Trinajstić information content (AvgIpc) is 2.75. The summed E-state index contributed by atoms with van der Waals surface area (Å²) in [5.74, 6) is -0.375. The number of carbonyl (C=O) groups excluding carboxylic acids is 1. The Bertz CT molecular complexity index is 578. The standard InChI is InChI=1S/C12H14ClN5O/c1-2-3-8-10(14)11(18-17-8)12(19)16-7-4-5-9(13)15-6-7/h4-6H,2-3,14H2,1H3,(H,16,19)(H,17,18). The molecule has 7 heteroatoms. The summed E-state index contributed by atoms with van der Waals surface area (Å²) >= 11 is 5.67. The first-order valence-electron chi connectivity index (χ1n) is 5.87. The quantitative estimate of drug-likeness (QED) is 0.748. The molecule has 0 aliphatic heterocycles. The highest BCUT2D eigenvalue weighted by Crippen LogP contribution is 2.17. The number of pyridine rings is 1. The maximum Gasteiger partial charge on any atom is 0.278 e. The lowest BCUT2D eigenvalue weighted by Crippen LogP contribution is -2.14. The lowest BCUT2D eigenvalue weighted by molar-refractivity contribution is 0.102. The van der Waals surface area contributed by atoms with E-state index in [1.165, 1.54) is 6.20 Å². The third kappa shape index (κ3) is 3.03. The molecule has 2 heterocycles. The van der Waals surface area contributed by atoms with E-state index in [-0.39, 0.29) is 11.6 Å². The van der Waals surface area contributed by atoms with Gasteiger partial charge in [-0.25, -0.2) is 4.98 Å². The Morgan fingerprint density at radius 1 is 1.53 bits per heavy atom. The number of nitrogens with one attached hydrogen (secondary N) is 2. The summed E-state index contributed by atoms with van der Waals surface area (Å²) in [7, 11) is 0. The Hall–Kier alpha value is -2.08. The summed E-state index contributed by atoms with van der Waals surface area (Å²) in [6, 6.07) is 3.25. The van der Waals surface area contributed by atoms with Crippen molar-refractivity contribution in [2.45, 2.75) is 19.8 Å². The van der Waals surface area contributed by atoms with Crippen LogP contribution in [-0.2, 0) is 6.42 Å². The third-order valence-electron chi connectivity index (χ3n) is 2.58. The van der Waals surface area contributed by atoms with Gasteiger partial charge in [-0.2, -0.15) is 5.10 Å². The predicted octanol–water partition coefficient (Wildman–Crippen LogP) is 2.25. The molecule has 2 aromatic rings. The van der Waals surface area contributed by atoms with Crippen LogP contribution in [0.15, 0.2) is 18.3 Å².